The van der Waals surface area contributed by atoms with Crippen molar-refractivity contribution in [3.05, 3.63) is 56.9 Å². The molecule has 2 atom stereocenters. The molecule has 2 aliphatic rings. The zero-order valence-electron chi connectivity index (χ0n) is 10.4. The fourth-order valence-corrected chi connectivity index (χ4v) is 2.14. The molecule has 0 bridgehead atoms. The zero-order valence-corrected chi connectivity index (χ0v) is 11.5. The van der Waals surface area contributed by atoms with E-state index in [1.165, 1.54) is 13.0 Å². The van der Waals surface area contributed by atoms with Crippen LogP contribution >= 0.6 is 0 Å². The molecule has 4 nitrogen and oxygen atoms in total. The molecule has 5 heteroatoms. The van der Waals surface area contributed by atoms with Crippen molar-refractivity contribution in [1.29, 1.82) is 0 Å². The Kier molecular flexibility index (Phi) is 20.5. The standard InChI is InChI=1S/C11H15N.3CO.Fe/c1-2-8-12-9-7-10-5-3-4-6-11(10)12;3*1-2;/h2-6,10-11H,1,7-9H2;;;;/t10-,11-;;;;/m0..../s1. The van der Waals surface area contributed by atoms with Gasteiger partial charge in [0.15, 0.2) is 0 Å². The number of fused-ring (bicyclic) bond motifs is 1. The number of likely N-dealkylation sites (tertiary alicyclic amines) is 1. The predicted molar refractivity (Wildman–Crippen MR) is 63.7 cm³/mol. The maximum atomic E-state index is 7.50. The third-order valence-electron chi connectivity index (χ3n) is 2.75. The summed E-state index contributed by atoms with van der Waals surface area (Å²) in [7, 11) is 0. The van der Waals surface area contributed by atoms with Gasteiger partial charge in [-0.1, -0.05) is 30.4 Å². The molecule has 1 saturated heterocycles. The van der Waals surface area contributed by atoms with E-state index in [-0.39, 0.29) is 17.1 Å². The van der Waals surface area contributed by atoms with Crippen LogP contribution in [0.15, 0.2) is 37.0 Å². The van der Waals surface area contributed by atoms with Gasteiger partial charge in [-0.3, -0.25) is 4.90 Å². The van der Waals surface area contributed by atoms with E-state index in [0.29, 0.717) is 6.04 Å². The summed E-state index contributed by atoms with van der Waals surface area (Å²) < 4.78 is 22.5. The minimum Gasteiger partial charge on any atom is 0 e. The minimum atomic E-state index is 0. The van der Waals surface area contributed by atoms with E-state index < -0.39 is 0 Å². The maximum Gasteiger partial charge on any atom is 0 e. The van der Waals surface area contributed by atoms with E-state index in [9.17, 15) is 0 Å². The zero-order chi connectivity index (χ0) is 14.4. The van der Waals surface area contributed by atoms with Gasteiger partial charge in [0.25, 0.3) is 0 Å². The molecule has 0 aromatic heterocycles. The average Bonchev–Trinajstić information content (AvgIpc) is 2.89. The third-order valence-corrected chi connectivity index (χ3v) is 2.75. The molecule has 0 spiro atoms. The number of rotatable bonds is 2. The van der Waals surface area contributed by atoms with Gasteiger partial charge in [0, 0.05) is 29.7 Å². The van der Waals surface area contributed by atoms with Gasteiger partial charge in [-0.25, -0.2) is 0 Å². The average molecular weight is 301 g/mol. The molecular formula is C14H15FeNO3. The Morgan fingerprint density at radius 2 is 1.63 bits per heavy atom. The summed E-state index contributed by atoms with van der Waals surface area (Å²) in [6.45, 7) is 19.5. The Bertz CT molecular complexity index is 330. The second kappa shape index (κ2) is 16.9. The summed E-state index contributed by atoms with van der Waals surface area (Å²) in [6.07, 6.45) is 12.3. The van der Waals surface area contributed by atoms with Gasteiger partial charge in [-0.15, -0.1) is 6.58 Å². The van der Waals surface area contributed by atoms with E-state index in [4.69, 9.17) is 14.0 Å². The van der Waals surface area contributed by atoms with Crippen molar-refractivity contribution in [1.82, 2.24) is 4.90 Å². The van der Waals surface area contributed by atoms with Crippen LogP contribution in [0.3, 0.4) is 0 Å². The van der Waals surface area contributed by atoms with Crippen molar-refractivity contribution in [2.75, 3.05) is 13.1 Å². The number of nitrogens with zero attached hydrogens (tertiary/aromatic N) is 1. The van der Waals surface area contributed by atoms with Crippen molar-refractivity contribution in [2.24, 2.45) is 5.92 Å². The molecule has 0 amide bonds. The fourth-order valence-electron chi connectivity index (χ4n) is 2.14. The van der Waals surface area contributed by atoms with Crippen molar-refractivity contribution in [3.63, 3.8) is 0 Å². The Labute approximate surface area is 124 Å². The molecule has 0 saturated carbocycles. The summed E-state index contributed by atoms with van der Waals surface area (Å²) in [5.74, 6) is 0.759. The molecule has 1 fully saturated rings. The molecule has 1 heterocycles. The molecule has 1 aliphatic heterocycles. The number of hydrogen-bond donors (Lipinski definition) is 0. The van der Waals surface area contributed by atoms with Crippen LogP contribution in [0.25, 0.3) is 0 Å². The fraction of sp³-hybridized carbons (Fsp3) is 0.357. The second-order valence-electron chi connectivity index (χ2n) is 3.50. The van der Waals surface area contributed by atoms with E-state index in [1.807, 2.05) is 6.08 Å². The van der Waals surface area contributed by atoms with E-state index in [0.717, 1.165) is 12.5 Å². The number of allylic oxidation sites excluding steroid dienone is 2. The molecule has 0 aromatic carbocycles. The largest absolute Gasteiger partial charge is 0 e. The molecule has 19 heavy (non-hydrogen) atoms. The molecule has 102 valence electrons. The quantitative estimate of drug-likeness (QED) is 0.332. The van der Waals surface area contributed by atoms with Gasteiger partial charge in [-0.2, -0.15) is 0 Å². The minimum absolute atomic E-state index is 0. The van der Waals surface area contributed by atoms with Gasteiger partial charge < -0.3 is 0 Å². The van der Waals surface area contributed by atoms with Crippen LogP contribution in [0, 0.1) is 25.9 Å². The summed E-state index contributed by atoms with van der Waals surface area (Å²) in [5.41, 5.74) is 0. The van der Waals surface area contributed by atoms with Crippen LogP contribution in [0.4, 0.5) is 0 Å². The Morgan fingerprint density at radius 1 is 1.11 bits per heavy atom. The van der Waals surface area contributed by atoms with Crippen molar-refractivity contribution in [3.8, 4) is 0 Å². The van der Waals surface area contributed by atoms with Crippen LogP contribution in [0.1, 0.15) is 6.42 Å². The first-order chi connectivity index (χ1) is 8.92. The summed E-state index contributed by atoms with van der Waals surface area (Å²) in [6, 6.07) is 0.646. The summed E-state index contributed by atoms with van der Waals surface area (Å²) in [5, 5.41) is 0. The Hall–Kier alpha value is -1.08. The van der Waals surface area contributed by atoms with Gasteiger partial charge in [0.2, 0.25) is 0 Å². The number of hydrogen-bond acceptors (Lipinski definition) is 1. The topological polar surface area (TPSA) is 62.9 Å². The molecule has 2 rings (SSSR count). The van der Waals surface area contributed by atoms with Crippen LogP contribution in [0.2, 0.25) is 0 Å². The predicted octanol–water partition coefficient (Wildman–Crippen LogP) is 1.87. The molecule has 0 aromatic rings. The van der Waals surface area contributed by atoms with Crippen LogP contribution in [-0.4, -0.2) is 24.0 Å². The molecule has 0 radical (unpaired) electrons. The van der Waals surface area contributed by atoms with E-state index in [2.05, 4.69) is 55.7 Å². The molecular weight excluding hydrogens is 286 g/mol. The van der Waals surface area contributed by atoms with Crippen molar-refractivity contribution >= 4 is 0 Å². The summed E-state index contributed by atoms with van der Waals surface area (Å²) >= 11 is 0. The summed E-state index contributed by atoms with van der Waals surface area (Å²) in [4.78, 5) is 2.48. The van der Waals surface area contributed by atoms with Crippen molar-refractivity contribution < 1.29 is 31.0 Å². The maximum absolute atomic E-state index is 7.50. The van der Waals surface area contributed by atoms with Gasteiger partial charge in [-0.05, 0) is 18.9 Å². The normalized spacial score (nSPS) is 21.6. The van der Waals surface area contributed by atoms with Gasteiger partial charge in [0.05, 0.1) is 0 Å². The van der Waals surface area contributed by atoms with E-state index >= 15 is 0 Å². The van der Waals surface area contributed by atoms with Gasteiger partial charge in [0.1, 0.15) is 0 Å². The Morgan fingerprint density at radius 3 is 2.16 bits per heavy atom. The first-order valence-electron chi connectivity index (χ1n) is 5.23. The first-order valence-corrected chi connectivity index (χ1v) is 5.23. The first kappa shape index (κ1) is 23.0. The molecule has 0 unspecified atom stereocenters. The van der Waals surface area contributed by atoms with Gasteiger partial charge >= 0.3 is 33.9 Å². The van der Waals surface area contributed by atoms with Crippen LogP contribution in [-0.2, 0) is 31.0 Å². The molecule has 0 N–H and O–H groups in total. The van der Waals surface area contributed by atoms with Crippen LogP contribution < -0.4 is 0 Å². The van der Waals surface area contributed by atoms with Crippen LogP contribution in [0.5, 0.6) is 0 Å². The molecule has 1 aliphatic carbocycles. The monoisotopic (exact) mass is 301 g/mol. The Balaban J connectivity index is -0.000000325. The second-order valence-corrected chi connectivity index (χ2v) is 3.50. The SMILES string of the molecule is C=CCN1CC[C@@H]2C=CC=C[C@@H]21.[C-]#[O+].[C-]#[O+].[C-]#[O+].[Fe]. The third kappa shape index (κ3) is 7.84. The smallest absolute Gasteiger partial charge is 0 e. The van der Waals surface area contributed by atoms with Crippen molar-refractivity contribution in [2.45, 2.75) is 12.5 Å². The van der Waals surface area contributed by atoms with E-state index in [1.54, 1.807) is 0 Å².